The largest absolute Gasteiger partial charge is 0.496 e. The summed E-state index contributed by atoms with van der Waals surface area (Å²) in [6.45, 7) is 1.75. The van der Waals surface area contributed by atoms with Crippen LogP contribution in [0.5, 0.6) is 5.75 Å². The van der Waals surface area contributed by atoms with Crippen LogP contribution >= 0.6 is 0 Å². The van der Waals surface area contributed by atoms with Crippen molar-refractivity contribution in [1.82, 2.24) is 9.80 Å². The second-order valence-corrected chi connectivity index (χ2v) is 7.27. The van der Waals surface area contributed by atoms with E-state index in [0.717, 1.165) is 29.1 Å². The molecule has 1 unspecified atom stereocenters. The van der Waals surface area contributed by atoms with E-state index in [-0.39, 0.29) is 18.2 Å². The number of carbonyl (C=O) groups is 2. The lowest BCUT2D eigenvalue weighted by Crippen LogP contribution is -2.41. The van der Waals surface area contributed by atoms with Crippen molar-refractivity contribution < 1.29 is 14.3 Å². The fraction of sp³-hybridized carbons (Fsp3) is 0.364. The number of likely N-dealkylation sites (N-methyl/N-ethyl adjacent to an activating group) is 1. The molecule has 0 saturated carbocycles. The van der Waals surface area contributed by atoms with Crippen LogP contribution in [0.15, 0.2) is 48.5 Å². The molecule has 1 N–H and O–H groups in total. The van der Waals surface area contributed by atoms with Crippen LogP contribution in [0.2, 0.25) is 0 Å². The van der Waals surface area contributed by atoms with E-state index in [1.54, 1.807) is 7.11 Å². The second-order valence-electron chi connectivity index (χ2n) is 7.27. The third-order valence-corrected chi connectivity index (χ3v) is 4.98. The van der Waals surface area contributed by atoms with Crippen LogP contribution in [0.4, 0.5) is 5.69 Å². The van der Waals surface area contributed by atoms with Gasteiger partial charge >= 0.3 is 0 Å². The number of fused-ring (bicyclic) bond motifs is 1. The lowest BCUT2D eigenvalue weighted by Gasteiger charge is -2.31. The van der Waals surface area contributed by atoms with Gasteiger partial charge in [-0.15, -0.1) is 0 Å². The highest BCUT2D eigenvalue weighted by molar-refractivity contribution is 6.01. The first kappa shape index (κ1) is 19.9. The van der Waals surface area contributed by atoms with Crippen molar-refractivity contribution in [1.29, 1.82) is 0 Å². The number of anilines is 1. The number of benzene rings is 2. The number of nitrogens with zero attached hydrogens (tertiary/aromatic N) is 2. The molecule has 1 aliphatic heterocycles. The Kier molecular flexibility index (Phi) is 6.31. The average molecular weight is 381 g/mol. The van der Waals surface area contributed by atoms with Crippen LogP contribution < -0.4 is 10.1 Å². The lowest BCUT2D eigenvalue weighted by molar-refractivity contribution is -0.135. The zero-order valence-electron chi connectivity index (χ0n) is 16.6. The molecule has 0 fully saturated rings. The van der Waals surface area contributed by atoms with Crippen molar-refractivity contribution in [2.24, 2.45) is 0 Å². The van der Waals surface area contributed by atoms with Gasteiger partial charge in [-0.3, -0.25) is 9.59 Å². The number of hydrogen-bond acceptors (Lipinski definition) is 4. The maximum absolute atomic E-state index is 13.5. The molecule has 28 heavy (non-hydrogen) atoms. The highest BCUT2D eigenvalue weighted by atomic mass is 16.5. The standard InChI is InChI=1S/C22H27N3O3/c1-24(2)12-13-25(15-16-8-4-7-11-20(16)28-3)22(27)18-14-21(26)23-19-10-6-5-9-17(18)19/h4-11,18H,12-15H2,1-3H3,(H,23,26). The fourth-order valence-electron chi connectivity index (χ4n) is 3.48. The molecule has 1 aliphatic rings. The van der Waals surface area contributed by atoms with Crippen LogP contribution in [0.1, 0.15) is 23.5 Å². The zero-order chi connectivity index (χ0) is 20.1. The van der Waals surface area contributed by atoms with Crippen molar-refractivity contribution in [2.75, 3.05) is 39.6 Å². The Morgan fingerprint density at radius 3 is 2.57 bits per heavy atom. The molecule has 148 valence electrons. The first-order chi connectivity index (χ1) is 13.5. The van der Waals surface area contributed by atoms with Gasteiger partial charge in [0.2, 0.25) is 11.8 Å². The van der Waals surface area contributed by atoms with Crippen LogP contribution in [0.3, 0.4) is 0 Å². The SMILES string of the molecule is COc1ccccc1CN(CCN(C)C)C(=O)C1CC(=O)Nc2ccccc21. The Morgan fingerprint density at radius 2 is 1.82 bits per heavy atom. The molecule has 0 bridgehead atoms. The number of para-hydroxylation sites is 2. The fourth-order valence-corrected chi connectivity index (χ4v) is 3.48. The topological polar surface area (TPSA) is 61.9 Å². The predicted molar refractivity (Wildman–Crippen MR) is 109 cm³/mol. The van der Waals surface area contributed by atoms with Gasteiger partial charge in [-0.1, -0.05) is 36.4 Å². The molecule has 0 saturated heterocycles. The summed E-state index contributed by atoms with van der Waals surface area (Å²) in [6.07, 6.45) is 0.167. The van der Waals surface area contributed by atoms with E-state index < -0.39 is 5.92 Å². The molecule has 0 aromatic heterocycles. The minimum absolute atomic E-state index is 0.0324. The van der Waals surface area contributed by atoms with Gasteiger partial charge in [0.1, 0.15) is 5.75 Å². The first-order valence-corrected chi connectivity index (χ1v) is 9.43. The van der Waals surface area contributed by atoms with E-state index in [1.165, 1.54) is 0 Å². The summed E-state index contributed by atoms with van der Waals surface area (Å²) in [6, 6.07) is 15.3. The van der Waals surface area contributed by atoms with Crippen LogP contribution in [0.25, 0.3) is 0 Å². The molecule has 3 rings (SSSR count). The Balaban J connectivity index is 1.89. The Labute approximate surface area is 166 Å². The first-order valence-electron chi connectivity index (χ1n) is 9.43. The van der Waals surface area contributed by atoms with E-state index >= 15 is 0 Å². The summed E-state index contributed by atoms with van der Waals surface area (Å²) in [5.41, 5.74) is 2.55. The molecule has 0 aliphatic carbocycles. The molecular weight excluding hydrogens is 354 g/mol. The number of rotatable bonds is 7. The van der Waals surface area contributed by atoms with Gasteiger partial charge in [0.05, 0.1) is 13.0 Å². The van der Waals surface area contributed by atoms with Crippen molar-refractivity contribution >= 4 is 17.5 Å². The highest BCUT2D eigenvalue weighted by Crippen LogP contribution is 2.34. The molecule has 1 heterocycles. The Morgan fingerprint density at radius 1 is 1.11 bits per heavy atom. The molecule has 6 nitrogen and oxygen atoms in total. The van der Waals surface area contributed by atoms with Gasteiger partial charge in [0.25, 0.3) is 0 Å². The molecule has 6 heteroatoms. The monoisotopic (exact) mass is 381 g/mol. The van der Waals surface area contributed by atoms with Gasteiger partial charge in [0, 0.05) is 37.3 Å². The van der Waals surface area contributed by atoms with Crippen molar-refractivity contribution in [3.8, 4) is 5.75 Å². The van der Waals surface area contributed by atoms with Gasteiger partial charge in [-0.2, -0.15) is 0 Å². The van der Waals surface area contributed by atoms with Crippen LogP contribution in [0, 0.1) is 0 Å². The van der Waals surface area contributed by atoms with E-state index in [0.29, 0.717) is 13.1 Å². The Bertz CT molecular complexity index is 850. The van der Waals surface area contributed by atoms with Gasteiger partial charge in [-0.05, 0) is 31.8 Å². The summed E-state index contributed by atoms with van der Waals surface area (Å²) in [4.78, 5) is 29.6. The van der Waals surface area contributed by atoms with Crippen LogP contribution in [-0.4, -0.2) is 55.9 Å². The minimum Gasteiger partial charge on any atom is -0.496 e. The molecule has 0 radical (unpaired) electrons. The smallest absolute Gasteiger partial charge is 0.231 e. The number of carbonyl (C=O) groups excluding carboxylic acids is 2. The van der Waals surface area contributed by atoms with E-state index in [4.69, 9.17) is 4.74 Å². The number of amides is 2. The average Bonchev–Trinajstić information content (AvgIpc) is 2.70. The molecule has 1 atom stereocenters. The van der Waals surface area contributed by atoms with Crippen LogP contribution in [-0.2, 0) is 16.1 Å². The summed E-state index contributed by atoms with van der Waals surface area (Å²) >= 11 is 0. The zero-order valence-corrected chi connectivity index (χ0v) is 16.6. The quantitative estimate of drug-likeness (QED) is 0.801. The summed E-state index contributed by atoms with van der Waals surface area (Å²) in [5, 5.41) is 2.86. The molecule has 2 aromatic carbocycles. The predicted octanol–water partition coefficient (Wildman–Crippen LogP) is 2.71. The summed E-state index contributed by atoms with van der Waals surface area (Å²) < 4.78 is 5.46. The second kappa shape index (κ2) is 8.89. The lowest BCUT2D eigenvalue weighted by atomic mass is 9.89. The minimum atomic E-state index is -0.471. The highest BCUT2D eigenvalue weighted by Gasteiger charge is 2.33. The van der Waals surface area contributed by atoms with Gasteiger partial charge in [-0.25, -0.2) is 0 Å². The summed E-state index contributed by atoms with van der Waals surface area (Å²) in [5.74, 6) is 0.130. The van der Waals surface area contributed by atoms with Gasteiger partial charge in [0.15, 0.2) is 0 Å². The van der Waals surface area contributed by atoms with Crippen molar-refractivity contribution in [3.63, 3.8) is 0 Å². The maximum atomic E-state index is 13.5. The van der Waals surface area contributed by atoms with E-state index in [2.05, 4.69) is 5.32 Å². The molecule has 2 aromatic rings. The molecule has 2 amide bonds. The van der Waals surface area contributed by atoms with Crippen molar-refractivity contribution in [3.05, 3.63) is 59.7 Å². The number of methoxy groups -OCH3 is 1. The summed E-state index contributed by atoms with van der Waals surface area (Å²) in [7, 11) is 5.59. The van der Waals surface area contributed by atoms with Crippen molar-refractivity contribution in [2.45, 2.75) is 18.9 Å². The van der Waals surface area contributed by atoms with E-state index in [1.807, 2.05) is 72.4 Å². The molecule has 0 spiro atoms. The third-order valence-electron chi connectivity index (χ3n) is 4.98. The number of hydrogen-bond donors (Lipinski definition) is 1. The number of nitrogens with one attached hydrogen (secondary N) is 1. The van der Waals surface area contributed by atoms with E-state index in [9.17, 15) is 9.59 Å². The normalized spacial score (nSPS) is 15.7. The van der Waals surface area contributed by atoms with Gasteiger partial charge < -0.3 is 19.9 Å². The number of ether oxygens (including phenoxy) is 1. The maximum Gasteiger partial charge on any atom is 0.231 e. The molecular formula is C22H27N3O3. The third kappa shape index (κ3) is 4.51. The Hall–Kier alpha value is -2.86.